The van der Waals surface area contributed by atoms with Gasteiger partial charge in [0.2, 0.25) is 0 Å². The third-order valence-electron chi connectivity index (χ3n) is 3.01. The van der Waals surface area contributed by atoms with Gasteiger partial charge in [-0.15, -0.1) is 11.3 Å². The van der Waals surface area contributed by atoms with Gasteiger partial charge >= 0.3 is 0 Å². The number of nitrogens with zero attached hydrogens (tertiary/aromatic N) is 1. The fourth-order valence-corrected chi connectivity index (χ4v) is 3.24. The summed E-state index contributed by atoms with van der Waals surface area (Å²) < 4.78 is 11.9. The van der Waals surface area contributed by atoms with Gasteiger partial charge in [-0.3, -0.25) is 0 Å². The van der Waals surface area contributed by atoms with E-state index in [9.17, 15) is 0 Å². The van der Waals surface area contributed by atoms with Gasteiger partial charge in [0.05, 0.1) is 24.2 Å². The van der Waals surface area contributed by atoms with Gasteiger partial charge in [-0.1, -0.05) is 0 Å². The monoisotopic (exact) mass is 370 g/mol. The van der Waals surface area contributed by atoms with Crippen molar-refractivity contribution in [1.82, 2.24) is 10.3 Å². The molecule has 1 aromatic heterocycles. The third-order valence-corrected chi connectivity index (χ3v) is 4.56. The molecule has 0 bridgehead atoms. The molecule has 0 radical (unpaired) electrons. The average Bonchev–Trinajstić information content (AvgIpc) is 3.01. The minimum atomic E-state index is 0.223. The Hall–Kier alpha value is -1.11. The SMILES string of the molecule is CCOc1c(Br)cc(CNC(C)c2nccs2)cc1OC. The molecule has 114 valence electrons. The zero-order valence-electron chi connectivity index (χ0n) is 12.4. The smallest absolute Gasteiger partial charge is 0.175 e. The highest BCUT2D eigenvalue weighted by molar-refractivity contribution is 9.10. The molecule has 0 aliphatic heterocycles. The number of hydrogen-bond donors (Lipinski definition) is 1. The first kappa shape index (κ1) is 16.3. The fraction of sp³-hybridized carbons (Fsp3) is 0.400. The molecular weight excluding hydrogens is 352 g/mol. The predicted molar refractivity (Wildman–Crippen MR) is 89.2 cm³/mol. The molecule has 0 fully saturated rings. The summed E-state index contributed by atoms with van der Waals surface area (Å²) in [7, 11) is 1.65. The molecule has 0 saturated carbocycles. The van der Waals surface area contributed by atoms with Crippen molar-refractivity contribution in [2.75, 3.05) is 13.7 Å². The van der Waals surface area contributed by atoms with E-state index in [0.29, 0.717) is 6.61 Å². The van der Waals surface area contributed by atoms with Crippen LogP contribution in [0, 0.1) is 0 Å². The third kappa shape index (κ3) is 4.18. The fourth-order valence-electron chi connectivity index (χ4n) is 1.97. The summed E-state index contributed by atoms with van der Waals surface area (Å²) in [4.78, 5) is 4.32. The van der Waals surface area contributed by atoms with Gasteiger partial charge in [-0.05, 0) is 47.5 Å². The average molecular weight is 371 g/mol. The molecule has 1 N–H and O–H groups in total. The lowest BCUT2D eigenvalue weighted by Gasteiger charge is -2.15. The van der Waals surface area contributed by atoms with Crippen molar-refractivity contribution in [2.24, 2.45) is 0 Å². The molecule has 1 aromatic carbocycles. The first-order valence-electron chi connectivity index (χ1n) is 6.77. The molecule has 2 rings (SSSR count). The van der Waals surface area contributed by atoms with Crippen LogP contribution in [0.4, 0.5) is 0 Å². The van der Waals surface area contributed by atoms with Crippen LogP contribution in [0.3, 0.4) is 0 Å². The second-order valence-electron chi connectivity index (χ2n) is 4.51. The second-order valence-corrected chi connectivity index (χ2v) is 6.30. The van der Waals surface area contributed by atoms with Crippen LogP contribution in [0.5, 0.6) is 11.5 Å². The number of ether oxygens (including phenoxy) is 2. The summed E-state index contributed by atoms with van der Waals surface area (Å²) in [5.41, 5.74) is 1.13. The van der Waals surface area contributed by atoms with Crippen LogP contribution in [0.2, 0.25) is 0 Å². The normalized spacial score (nSPS) is 12.2. The molecule has 0 amide bonds. The Bertz CT molecular complexity index is 575. The van der Waals surface area contributed by atoms with Crippen molar-refractivity contribution in [1.29, 1.82) is 0 Å². The maximum atomic E-state index is 5.60. The molecule has 0 spiro atoms. The summed E-state index contributed by atoms with van der Waals surface area (Å²) in [6, 6.07) is 4.27. The van der Waals surface area contributed by atoms with E-state index in [1.807, 2.05) is 24.6 Å². The zero-order chi connectivity index (χ0) is 15.2. The second kappa shape index (κ2) is 7.77. The van der Waals surface area contributed by atoms with Gasteiger partial charge in [0.15, 0.2) is 11.5 Å². The summed E-state index contributed by atoms with van der Waals surface area (Å²) in [6.45, 7) is 5.41. The quantitative estimate of drug-likeness (QED) is 0.794. The van der Waals surface area contributed by atoms with Crippen LogP contribution in [0.25, 0.3) is 0 Å². The number of halogens is 1. The molecule has 21 heavy (non-hydrogen) atoms. The highest BCUT2D eigenvalue weighted by Crippen LogP contribution is 2.36. The van der Waals surface area contributed by atoms with E-state index in [2.05, 4.69) is 39.2 Å². The number of thiazole rings is 1. The summed E-state index contributed by atoms with van der Waals surface area (Å²) in [5.74, 6) is 1.49. The molecule has 4 nitrogen and oxygen atoms in total. The lowest BCUT2D eigenvalue weighted by molar-refractivity contribution is 0.308. The number of aromatic nitrogens is 1. The molecule has 0 aliphatic carbocycles. The van der Waals surface area contributed by atoms with E-state index in [4.69, 9.17) is 9.47 Å². The van der Waals surface area contributed by atoms with Crippen LogP contribution in [0.15, 0.2) is 28.2 Å². The van der Waals surface area contributed by atoms with E-state index in [0.717, 1.165) is 33.1 Å². The molecule has 0 saturated heterocycles. The van der Waals surface area contributed by atoms with Gasteiger partial charge in [-0.2, -0.15) is 0 Å². The van der Waals surface area contributed by atoms with Crippen molar-refractivity contribution in [3.8, 4) is 11.5 Å². The van der Waals surface area contributed by atoms with Crippen LogP contribution >= 0.6 is 27.3 Å². The summed E-state index contributed by atoms with van der Waals surface area (Å²) >= 11 is 5.20. The lowest BCUT2D eigenvalue weighted by atomic mass is 10.2. The zero-order valence-corrected chi connectivity index (χ0v) is 14.8. The van der Waals surface area contributed by atoms with Crippen molar-refractivity contribution >= 4 is 27.3 Å². The van der Waals surface area contributed by atoms with E-state index < -0.39 is 0 Å². The van der Waals surface area contributed by atoms with Crippen molar-refractivity contribution < 1.29 is 9.47 Å². The number of methoxy groups -OCH3 is 1. The van der Waals surface area contributed by atoms with Gasteiger partial charge < -0.3 is 14.8 Å². The molecule has 0 aliphatic rings. The Labute approximate surface area is 137 Å². The molecule has 1 atom stereocenters. The first-order chi connectivity index (χ1) is 10.2. The van der Waals surface area contributed by atoms with Gasteiger partial charge in [0.25, 0.3) is 0 Å². The molecule has 1 heterocycles. The number of nitrogens with one attached hydrogen (secondary N) is 1. The first-order valence-corrected chi connectivity index (χ1v) is 8.45. The minimum absolute atomic E-state index is 0.223. The minimum Gasteiger partial charge on any atom is -0.493 e. The van der Waals surface area contributed by atoms with Crippen LogP contribution in [0.1, 0.15) is 30.5 Å². The Kier molecular flexibility index (Phi) is 6.02. The Morgan fingerprint density at radius 3 is 2.86 bits per heavy atom. The number of rotatable bonds is 7. The van der Waals surface area contributed by atoms with E-state index in [1.54, 1.807) is 18.4 Å². The Balaban J connectivity index is 2.08. The van der Waals surface area contributed by atoms with E-state index in [1.165, 1.54) is 0 Å². The maximum Gasteiger partial charge on any atom is 0.175 e. The molecular formula is C15H19BrN2O2S. The largest absolute Gasteiger partial charge is 0.493 e. The summed E-state index contributed by atoms with van der Waals surface area (Å²) in [5, 5.41) is 6.54. The number of hydrogen-bond acceptors (Lipinski definition) is 5. The molecule has 1 unspecified atom stereocenters. The molecule has 2 aromatic rings. The highest BCUT2D eigenvalue weighted by atomic mass is 79.9. The highest BCUT2D eigenvalue weighted by Gasteiger charge is 2.12. The maximum absolute atomic E-state index is 5.60. The van der Waals surface area contributed by atoms with Crippen molar-refractivity contribution in [3.63, 3.8) is 0 Å². The van der Waals surface area contributed by atoms with E-state index in [-0.39, 0.29) is 6.04 Å². The van der Waals surface area contributed by atoms with Crippen LogP contribution in [-0.4, -0.2) is 18.7 Å². The van der Waals surface area contributed by atoms with Crippen LogP contribution in [-0.2, 0) is 6.54 Å². The standard InChI is InChI=1S/C15H19BrN2O2S/c1-4-20-14-12(16)7-11(8-13(14)19-3)9-18-10(2)15-17-5-6-21-15/h5-8,10,18H,4,9H2,1-3H3. The van der Waals surface area contributed by atoms with E-state index >= 15 is 0 Å². The lowest BCUT2D eigenvalue weighted by Crippen LogP contribution is -2.18. The Morgan fingerprint density at radius 1 is 1.43 bits per heavy atom. The number of benzene rings is 1. The van der Waals surface area contributed by atoms with Gasteiger partial charge in [0, 0.05) is 18.1 Å². The van der Waals surface area contributed by atoms with Crippen molar-refractivity contribution in [2.45, 2.75) is 26.4 Å². The van der Waals surface area contributed by atoms with Gasteiger partial charge in [0.1, 0.15) is 5.01 Å². The molecule has 6 heteroatoms. The van der Waals surface area contributed by atoms with Crippen molar-refractivity contribution in [3.05, 3.63) is 38.8 Å². The topological polar surface area (TPSA) is 43.4 Å². The van der Waals surface area contributed by atoms with Gasteiger partial charge in [-0.25, -0.2) is 4.98 Å². The Morgan fingerprint density at radius 2 is 2.24 bits per heavy atom. The summed E-state index contributed by atoms with van der Waals surface area (Å²) in [6.07, 6.45) is 1.83. The van der Waals surface area contributed by atoms with Crippen LogP contribution < -0.4 is 14.8 Å². The predicted octanol–water partition coefficient (Wildman–Crippen LogP) is 4.16.